The van der Waals surface area contributed by atoms with Gasteiger partial charge in [-0.05, 0) is 30.5 Å². The van der Waals surface area contributed by atoms with Gasteiger partial charge in [-0.2, -0.15) is 0 Å². The number of aliphatic carboxylic acids is 1. The molecule has 0 spiro atoms. The van der Waals surface area contributed by atoms with Gasteiger partial charge < -0.3 is 10.8 Å². The minimum atomic E-state index is -0.904. The van der Waals surface area contributed by atoms with Crippen LogP contribution in [0.3, 0.4) is 0 Å². The van der Waals surface area contributed by atoms with E-state index in [1.54, 1.807) is 0 Å². The Morgan fingerprint density at radius 1 is 1.53 bits per heavy atom. The molecule has 3 N–H and O–H groups in total. The first kappa shape index (κ1) is 12.0. The van der Waals surface area contributed by atoms with Crippen molar-refractivity contribution < 1.29 is 9.90 Å². The van der Waals surface area contributed by atoms with Gasteiger partial charge in [0.15, 0.2) is 0 Å². The molecule has 0 fully saturated rings. The van der Waals surface area contributed by atoms with Crippen LogP contribution < -0.4 is 5.73 Å². The summed E-state index contributed by atoms with van der Waals surface area (Å²) in [6.45, 7) is 3.76. The zero-order chi connectivity index (χ0) is 11.6. The zero-order valence-electron chi connectivity index (χ0n) is 8.75. The number of carboxylic acid groups (broad SMARTS) is 1. The molecular weight excluding hydrogens is 214 g/mol. The van der Waals surface area contributed by atoms with Crippen LogP contribution in [-0.2, 0) is 4.79 Å². The molecule has 1 rings (SSSR count). The maximum Gasteiger partial charge on any atom is 0.305 e. The molecule has 0 aliphatic heterocycles. The van der Waals surface area contributed by atoms with Crippen LogP contribution in [0, 0.1) is 13.8 Å². The van der Waals surface area contributed by atoms with Crippen molar-refractivity contribution in [2.75, 3.05) is 0 Å². The first-order chi connectivity index (χ1) is 6.93. The largest absolute Gasteiger partial charge is 0.481 e. The summed E-state index contributed by atoms with van der Waals surface area (Å²) >= 11 is 6.06. The number of carbonyl (C=O) groups is 1. The van der Waals surface area contributed by atoms with E-state index in [4.69, 9.17) is 22.4 Å². The third-order valence-corrected chi connectivity index (χ3v) is 3.00. The second-order valence-corrected chi connectivity index (χ2v) is 3.99. The number of benzene rings is 1. The molecule has 82 valence electrons. The van der Waals surface area contributed by atoms with Crippen molar-refractivity contribution in [3.05, 3.63) is 33.8 Å². The van der Waals surface area contributed by atoms with Crippen molar-refractivity contribution >= 4 is 17.6 Å². The van der Waals surface area contributed by atoms with Crippen molar-refractivity contribution in [1.82, 2.24) is 0 Å². The quantitative estimate of drug-likeness (QED) is 0.834. The molecule has 0 bridgehead atoms. The van der Waals surface area contributed by atoms with Crippen LogP contribution in [0.1, 0.15) is 29.2 Å². The summed E-state index contributed by atoms with van der Waals surface area (Å²) < 4.78 is 0. The number of nitrogens with two attached hydrogens (primary N) is 1. The van der Waals surface area contributed by atoms with Gasteiger partial charge in [0, 0.05) is 11.1 Å². The van der Waals surface area contributed by atoms with E-state index < -0.39 is 12.0 Å². The van der Waals surface area contributed by atoms with Crippen molar-refractivity contribution in [1.29, 1.82) is 0 Å². The normalized spacial score (nSPS) is 12.5. The third kappa shape index (κ3) is 2.70. The second-order valence-electron chi connectivity index (χ2n) is 3.62. The summed E-state index contributed by atoms with van der Waals surface area (Å²) in [6, 6.07) is 3.19. The molecule has 0 aliphatic carbocycles. The lowest BCUT2D eigenvalue weighted by Crippen LogP contribution is -2.16. The average molecular weight is 228 g/mol. The topological polar surface area (TPSA) is 63.3 Å². The van der Waals surface area contributed by atoms with E-state index in [9.17, 15) is 4.79 Å². The molecule has 0 saturated carbocycles. The van der Waals surface area contributed by atoms with E-state index in [0.717, 1.165) is 16.7 Å². The lowest BCUT2D eigenvalue weighted by molar-refractivity contribution is -0.137. The summed E-state index contributed by atoms with van der Waals surface area (Å²) in [4.78, 5) is 10.5. The van der Waals surface area contributed by atoms with Gasteiger partial charge in [-0.1, -0.05) is 23.7 Å². The van der Waals surface area contributed by atoms with Gasteiger partial charge in [-0.3, -0.25) is 4.79 Å². The fourth-order valence-electron chi connectivity index (χ4n) is 1.54. The molecule has 0 heterocycles. The number of rotatable bonds is 3. The summed E-state index contributed by atoms with van der Waals surface area (Å²) in [6.07, 6.45) is -0.0831. The van der Waals surface area contributed by atoms with Crippen molar-refractivity contribution in [2.45, 2.75) is 26.3 Å². The van der Waals surface area contributed by atoms with E-state index >= 15 is 0 Å². The molecule has 0 radical (unpaired) electrons. The number of carboxylic acids is 1. The highest BCUT2D eigenvalue weighted by Gasteiger charge is 2.14. The predicted octanol–water partition coefficient (Wildman–Crippen LogP) is 2.43. The first-order valence-corrected chi connectivity index (χ1v) is 5.04. The minimum Gasteiger partial charge on any atom is -0.481 e. The Morgan fingerprint density at radius 2 is 2.13 bits per heavy atom. The van der Waals surface area contributed by atoms with Crippen LogP contribution in [0.4, 0.5) is 0 Å². The molecule has 3 nitrogen and oxygen atoms in total. The zero-order valence-corrected chi connectivity index (χ0v) is 9.51. The Hall–Kier alpha value is -1.06. The maximum atomic E-state index is 10.5. The Labute approximate surface area is 93.9 Å². The fraction of sp³-hybridized carbons (Fsp3) is 0.364. The van der Waals surface area contributed by atoms with Crippen LogP contribution in [0.25, 0.3) is 0 Å². The van der Waals surface area contributed by atoms with Crippen molar-refractivity contribution in [3.8, 4) is 0 Å². The average Bonchev–Trinajstić information content (AvgIpc) is 2.13. The summed E-state index contributed by atoms with van der Waals surface area (Å²) in [5, 5.41) is 9.31. The molecule has 0 amide bonds. The van der Waals surface area contributed by atoms with Crippen molar-refractivity contribution in [2.24, 2.45) is 5.73 Å². The Morgan fingerprint density at radius 3 is 2.67 bits per heavy atom. The van der Waals surface area contributed by atoms with Crippen LogP contribution in [-0.4, -0.2) is 11.1 Å². The Balaban J connectivity index is 3.05. The molecule has 1 aromatic carbocycles. The number of hydrogen-bond acceptors (Lipinski definition) is 2. The number of halogens is 1. The van der Waals surface area contributed by atoms with E-state index in [0.29, 0.717) is 5.02 Å². The molecule has 15 heavy (non-hydrogen) atoms. The molecule has 0 aliphatic rings. The molecule has 1 aromatic rings. The van der Waals surface area contributed by atoms with Gasteiger partial charge in [0.2, 0.25) is 0 Å². The Bertz CT molecular complexity index is 390. The minimum absolute atomic E-state index is 0.0831. The van der Waals surface area contributed by atoms with Gasteiger partial charge in [0.05, 0.1) is 6.42 Å². The van der Waals surface area contributed by atoms with Crippen LogP contribution in [0.2, 0.25) is 5.02 Å². The van der Waals surface area contributed by atoms with Crippen LogP contribution >= 0.6 is 11.6 Å². The third-order valence-electron chi connectivity index (χ3n) is 2.42. The highest BCUT2D eigenvalue weighted by molar-refractivity contribution is 6.32. The highest BCUT2D eigenvalue weighted by Crippen LogP contribution is 2.27. The molecule has 0 aromatic heterocycles. The monoisotopic (exact) mass is 227 g/mol. The molecular formula is C11H14ClNO2. The van der Waals surface area contributed by atoms with Gasteiger partial charge in [0.1, 0.15) is 0 Å². The number of hydrogen-bond donors (Lipinski definition) is 2. The fourth-order valence-corrected chi connectivity index (χ4v) is 1.71. The van der Waals surface area contributed by atoms with Gasteiger partial charge >= 0.3 is 5.97 Å². The molecule has 1 atom stereocenters. The van der Waals surface area contributed by atoms with Crippen molar-refractivity contribution in [3.63, 3.8) is 0 Å². The van der Waals surface area contributed by atoms with E-state index in [1.165, 1.54) is 0 Å². The highest BCUT2D eigenvalue weighted by atomic mass is 35.5. The second kappa shape index (κ2) is 4.64. The van der Waals surface area contributed by atoms with E-state index in [2.05, 4.69) is 0 Å². The summed E-state index contributed by atoms with van der Waals surface area (Å²) in [7, 11) is 0. The number of aryl methyl sites for hydroxylation is 1. The summed E-state index contributed by atoms with van der Waals surface area (Å²) in [5.74, 6) is -0.904. The maximum absolute atomic E-state index is 10.5. The van der Waals surface area contributed by atoms with E-state index in [-0.39, 0.29) is 6.42 Å². The molecule has 0 saturated heterocycles. The SMILES string of the molecule is Cc1ccc(C(N)CC(=O)O)c(C)c1Cl. The summed E-state index contributed by atoms with van der Waals surface area (Å²) in [5.41, 5.74) is 8.41. The van der Waals surface area contributed by atoms with Gasteiger partial charge in [-0.15, -0.1) is 0 Å². The van der Waals surface area contributed by atoms with Gasteiger partial charge in [0.25, 0.3) is 0 Å². The Kier molecular flexibility index (Phi) is 3.72. The smallest absolute Gasteiger partial charge is 0.305 e. The van der Waals surface area contributed by atoms with Crippen LogP contribution in [0.5, 0.6) is 0 Å². The lowest BCUT2D eigenvalue weighted by atomic mass is 9.98. The lowest BCUT2D eigenvalue weighted by Gasteiger charge is -2.14. The first-order valence-electron chi connectivity index (χ1n) is 4.66. The standard InChI is InChI=1S/C11H14ClNO2/c1-6-3-4-8(7(2)11(6)12)9(13)5-10(14)15/h3-4,9H,5,13H2,1-2H3,(H,14,15). The van der Waals surface area contributed by atoms with E-state index in [1.807, 2.05) is 26.0 Å². The molecule has 4 heteroatoms. The van der Waals surface area contributed by atoms with Gasteiger partial charge in [-0.25, -0.2) is 0 Å². The molecule has 1 unspecified atom stereocenters. The predicted molar refractivity (Wildman–Crippen MR) is 60.1 cm³/mol. The van der Waals surface area contributed by atoms with Crippen LogP contribution in [0.15, 0.2) is 12.1 Å².